The maximum Gasteiger partial charge on any atom is 0.254 e. The fourth-order valence-corrected chi connectivity index (χ4v) is 4.00. The van der Waals surface area contributed by atoms with E-state index in [4.69, 9.17) is 4.98 Å². The molecule has 5 rings (SSSR count). The number of aryl methyl sites for hydroxylation is 1. The lowest BCUT2D eigenvalue weighted by molar-refractivity contribution is 0.236. The third-order valence-electron chi connectivity index (χ3n) is 5.54. The van der Waals surface area contributed by atoms with E-state index in [1.165, 1.54) is 16.6 Å². The molecule has 3 aromatic heterocycles. The van der Waals surface area contributed by atoms with E-state index in [1.807, 2.05) is 12.1 Å². The number of H-pyrrole nitrogens is 1. The van der Waals surface area contributed by atoms with Gasteiger partial charge in [-0.25, -0.2) is 4.98 Å². The second-order valence-electron chi connectivity index (χ2n) is 7.29. The van der Waals surface area contributed by atoms with Crippen molar-refractivity contribution < 1.29 is 0 Å². The van der Waals surface area contributed by atoms with Crippen molar-refractivity contribution in [1.82, 2.24) is 24.4 Å². The third-order valence-corrected chi connectivity index (χ3v) is 5.54. The zero-order valence-corrected chi connectivity index (χ0v) is 15.7. The van der Waals surface area contributed by atoms with Gasteiger partial charge in [0.25, 0.3) is 5.56 Å². The smallest absolute Gasteiger partial charge is 0.254 e. The Kier molecular flexibility index (Phi) is 4.06. The highest BCUT2D eigenvalue weighted by Gasteiger charge is 2.22. The van der Waals surface area contributed by atoms with Crippen molar-refractivity contribution in [3.05, 3.63) is 82.2 Å². The van der Waals surface area contributed by atoms with Crippen LogP contribution in [0.4, 0.5) is 0 Å². The van der Waals surface area contributed by atoms with E-state index < -0.39 is 0 Å². The van der Waals surface area contributed by atoms with E-state index >= 15 is 0 Å². The number of hydrogen-bond donors (Lipinski definition) is 1. The number of benzene rings is 1. The van der Waals surface area contributed by atoms with Crippen LogP contribution >= 0.6 is 0 Å². The molecule has 1 N–H and O–H groups in total. The van der Waals surface area contributed by atoms with Crippen molar-refractivity contribution >= 4 is 10.9 Å². The van der Waals surface area contributed by atoms with Gasteiger partial charge in [-0.15, -0.1) is 0 Å². The average molecular weight is 371 g/mol. The third kappa shape index (κ3) is 2.92. The normalized spacial score (nSPS) is 14.3. The van der Waals surface area contributed by atoms with Gasteiger partial charge in [0.05, 0.1) is 5.69 Å². The van der Waals surface area contributed by atoms with Gasteiger partial charge in [-0.3, -0.25) is 14.7 Å². The van der Waals surface area contributed by atoms with Crippen LogP contribution in [0.15, 0.2) is 59.7 Å². The summed E-state index contributed by atoms with van der Waals surface area (Å²) < 4.78 is 2.25. The van der Waals surface area contributed by atoms with Gasteiger partial charge in [0.15, 0.2) is 0 Å². The average Bonchev–Trinajstić information content (AvgIpc) is 3.04. The van der Waals surface area contributed by atoms with Crippen LogP contribution in [0, 0.1) is 0 Å². The summed E-state index contributed by atoms with van der Waals surface area (Å²) in [6.45, 7) is 2.37. The predicted molar refractivity (Wildman–Crippen MR) is 109 cm³/mol. The molecule has 6 heteroatoms. The second-order valence-corrected chi connectivity index (χ2v) is 7.29. The topological polar surface area (TPSA) is 66.8 Å². The van der Waals surface area contributed by atoms with Crippen molar-refractivity contribution in [3.63, 3.8) is 0 Å². The summed E-state index contributed by atoms with van der Waals surface area (Å²) in [5.74, 6) is 0.609. The van der Waals surface area contributed by atoms with Crippen molar-refractivity contribution in [2.24, 2.45) is 7.05 Å². The quantitative estimate of drug-likeness (QED) is 0.601. The minimum Gasteiger partial charge on any atom is -0.346 e. The highest BCUT2D eigenvalue weighted by molar-refractivity contribution is 5.81. The predicted octanol–water partition coefficient (Wildman–Crippen LogP) is 2.88. The molecule has 1 aromatic carbocycles. The molecule has 0 aliphatic carbocycles. The molecule has 6 nitrogen and oxygen atoms in total. The number of fused-ring (bicyclic) bond motifs is 2. The first-order valence-corrected chi connectivity index (χ1v) is 9.47. The Balaban J connectivity index is 1.45. The first kappa shape index (κ1) is 16.9. The van der Waals surface area contributed by atoms with E-state index in [2.05, 4.69) is 56.8 Å². The molecule has 0 unspecified atom stereocenters. The Labute approximate surface area is 162 Å². The van der Waals surface area contributed by atoms with Crippen LogP contribution in [0.3, 0.4) is 0 Å². The van der Waals surface area contributed by atoms with Crippen LogP contribution in [0.2, 0.25) is 0 Å². The van der Waals surface area contributed by atoms with E-state index in [9.17, 15) is 4.79 Å². The van der Waals surface area contributed by atoms with E-state index in [0.717, 1.165) is 36.3 Å². The summed E-state index contributed by atoms with van der Waals surface area (Å²) in [4.78, 5) is 26.7. The SMILES string of the molecule is Cn1c(CN2CCc3c(nc(-c4ccncc4)[nH]c3=O)C2)cc2ccccc21. The zero-order valence-electron chi connectivity index (χ0n) is 15.7. The Morgan fingerprint density at radius 1 is 1.14 bits per heavy atom. The second kappa shape index (κ2) is 6.73. The number of aromatic nitrogens is 4. The van der Waals surface area contributed by atoms with Gasteiger partial charge >= 0.3 is 0 Å². The zero-order chi connectivity index (χ0) is 19.1. The van der Waals surface area contributed by atoms with Gasteiger partial charge in [-0.2, -0.15) is 0 Å². The van der Waals surface area contributed by atoms with E-state index in [1.54, 1.807) is 12.4 Å². The van der Waals surface area contributed by atoms with Gasteiger partial charge in [0.2, 0.25) is 0 Å². The summed E-state index contributed by atoms with van der Waals surface area (Å²) in [5, 5.41) is 1.26. The highest BCUT2D eigenvalue weighted by Crippen LogP contribution is 2.23. The Morgan fingerprint density at radius 2 is 1.96 bits per heavy atom. The van der Waals surface area contributed by atoms with Crippen LogP contribution in [0.25, 0.3) is 22.3 Å². The molecule has 4 heterocycles. The highest BCUT2D eigenvalue weighted by atomic mass is 16.1. The van der Waals surface area contributed by atoms with Gasteiger partial charge < -0.3 is 9.55 Å². The number of nitrogens with one attached hydrogen (secondary N) is 1. The summed E-state index contributed by atoms with van der Waals surface area (Å²) in [5.41, 5.74) is 5.04. The van der Waals surface area contributed by atoms with Gasteiger partial charge in [-0.1, -0.05) is 18.2 Å². The fourth-order valence-electron chi connectivity index (χ4n) is 4.00. The van der Waals surface area contributed by atoms with Crippen LogP contribution in [-0.4, -0.2) is 31.0 Å². The van der Waals surface area contributed by atoms with E-state index in [0.29, 0.717) is 12.4 Å². The van der Waals surface area contributed by atoms with E-state index in [-0.39, 0.29) is 5.56 Å². The first-order valence-electron chi connectivity index (χ1n) is 9.47. The molecule has 0 saturated carbocycles. The van der Waals surface area contributed by atoms with Gasteiger partial charge in [0, 0.05) is 61.4 Å². The molecule has 1 aliphatic rings. The summed E-state index contributed by atoms with van der Waals surface area (Å²) in [7, 11) is 2.11. The number of pyridine rings is 1. The maximum atomic E-state index is 12.6. The van der Waals surface area contributed by atoms with Crippen molar-refractivity contribution in [1.29, 1.82) is 0 Å². The van der Waals surface area contributed by atoms with Gasteiger partial charge in [0.1, 0.15) is 5.82 Å². The standard InChI is InChI=1S/C22H21N5O/c1-26-17(12-16-4-2-3-5-20(16)26)13-27-11-8-18-19(14-27)24-21(25-22(18)28)15-6-9-23-10-7-15/h2-7,9-10,12H,8,11,13-14H2,1H3,(H,24,25,28). The van der Waals surface area contributed by atoms with Crippen molar-refractivity contribution in [2.45, 2.75) is 19.5 Å². The summed E-state index contributed by atoms with van der Waals surface area (Å²) in [6.07, 6.45) is 4.14. The van der Waals surface area contributed by atoms with Crippen LogP contribution in [0.1, 0.15) is 17.0 Å². The number of para-hydroxylation sites is 1. The maximum absolute atomic E-state index is 12.6. The Bertz CT molecular complexity index is 1210. The number of hydrogen-bond acceptors (Lipinski definition) is 4. The molecule has 140 valence electrons. The van der Waals surface area contributed by atoms with Gasteiger partial charge in [-0.05, 0) is 36.1 Å². The lowest BCUT2D eigenvalue weighted by Crippen LogP contribution is -2.35. The lowest BCUT2D eigenvalue weighted by Gasteiger charge is -2.27. The largest absolute Gasteiger partial charge is 0.346 e. The molecular weight excluding hydrogens is 350 g/mol. The molecule has 28 heavy (non-hydrogen) atoms. The molecule has 0 fully saturated rings. The minimum atomic E-state index is -0.0268. The summed E-state index contributed by atoms with van der Waals surface area (Å²) in [6, 6.07) is 14.4. The molecular formula is C22H21N5O. The van der Waals surface area contributed by atoms with Crippen LogP contribution < -0.4 is 5.56 Å². The molecule has 0 atom stereocenters. The Hall–Kier alpha value is -3.25. The number of rotatable bonds is 3. The molecule has 0 radical (unpaired) electrons. The number of aromatic amines is 1. The monoisotopic (exact) mass is 371 g/mol. The molecule has 0 bridgehead atoms. The van der Waals surface area contributed by atoms with Crippen LogP contribution in [0.5, 0.6) is 0 Å². The number of nitrogens with zero attached hydrogens (tertiary/aromatic N) is 4. The molecule has 0 amide bonds. The van der Waals surface area contributed by atoms with Crippen LogP contribution in [-0.2, 0) is 26.6 Å². The molecule has 4 aromatic rings. The molecule has 0 saturated heterocycles. The minimum absolute atomic E-state index is 0.0268. The molecule has 0 spiro atoms. The molecule has 1 aliphatic heterocycles. The fraction of sp³-hybridized carbons (Fsp3) is 0.227. The Morgan fingerprint density at radius 3 is 2.79 bits per heavy atom. The first-order chi connectivity index (χ1) is 13.7. The van der Waals surface area contributed by atoms with Crippen molar-refractivity contribution in [3.8, 4) is 11.4 Å². The lowest BCUT2D eigenvalue weighted by atomic mass is 10.1. The van der Waals surface area contributed by atoms with Crippen molar-refractivity contribution in [2.75, 3.05) is 6.54 Å². The summed E-state index contributed by atoms with van der Waals surface area (Å²) >= 11 is 0.